The van der Waals surface area contributed by atoms with E-state index in [4.69, 9.17) is 16.3 Å². The lowest BCUT2D eigenvalue weighted by Gasteiger charge is -2.14. The Labute approximate surface area is 143 Å². The van der Waals surface area contributed by atoms with E-state index in [0.29, 0.717) is 18.2 Å². The highest BCUT2D eigenvalue weighted by atomic mass is 127. The van der Waals surface area contributed by atoms with Crippen LogP contribution in [0, 0.1) is 3.57 Å². The highest BCUT2D eigenvalue weighted by Crippen LogP contribution is 2.23. The summed E-state index contributed by atoms with van der Waals surface area (Å²) in [5, 5.41) is 13.7. The number of aliphatic hydroxyl groups is 1. The van der Waals surface area contributed by atoms with Crippen LogP contribution < -0.4 is 5.32 Å². The number of rotatable bonds is 7. The van der Waals surface area contributed by atoms with E-state index in [9.17, 15) is 5.11 Å². The first kappa shape index (κ1) is 16.5. The Balaban J connectivity index is 1.71. The molecule has 0 fully saturated rings. The molecule has 0 saturated heterocycles. The van der Waals surface area contributed by atoms with Crippen LogP contribution in [-0.2, 0) is 11.3 Å². The quantitative estimate of drug-likeness (QED) is 0.671. The number of halogens is 2. The molecule has 0 radical (unpaired) electrons. The minimum atomic E-state index is -0.580. The maximum Gasteiger partial charge on any atom is 0.0945 e. The second-order valence-corrected chi connectivity index (χ2v) is 6.31. The van der Waals surface area contributed by atoms with Gasteiger partial charge in [-0.25, -0.2) is 0 Å². The molecule has 1 unspecified atom stereocenters. The third-order valence-electron chi connectivity index (χ3n) is 2.88. The first-order valence-electron chi connectivity index (χ1n) is 6.64. The number of ether oxygens (including phenoxy) is 1. The lowest BCUT2D eigenvalue weighted by atomic mass is 10.2. The Hall–Kier alpha value is -0.820. The zero-order valence-electron chi connectivity index (χ0n) is 11.4. The lowest BCUT2D eigenvalue weighted by molar-refractivity contribution is 0.0348. The van der Waals surface area contributed by atoms with Crippen molar-refractivity contribution in [3.8, 4) is 0 Å². The summed E-state index contributed by atoms with van der Waals surface area (Å²) < 4.78 is 6.57. The molecule has 3 nitrogen and oxygen atoms in total. The van der Waals surface area contributed by atoms with Gasteiger partial charge in [0.05, 0.1) is 30.0 Å². The second-order valence-electron chi connectivity index (χ2n) is 4.66. The first-order valence-corrected chi connectivity index (χ1v) is 8.09. The van der Waals surface area contributed by atoms with Crippen LogP contribution in [0.1, 0.15) is 5.56 Å². The third kappa shape index (κ3) is 5.82. The molecule has 5 heteroatoms. The molecule has 1 atom stereocenters. The number of aliphatic hydroxyl groups excluding tert-OH is 1. The fourth-order valence-electron chi connectivity index (χ4n) is 1.81. The minimum Gasteiger partial charge on any atom is -0.389 e. The molecular formula is C16H17ClINO2. The standard InChI is InChI=1S/C16H17ClINO2/c17-15-8-13(18)6-7-16(15)19-9-14(20)11-21-10-12-4-2-1-3-5-12/h1-8,14,19-20H,9-11H2. The summed E-state index contributed by atoms with van der Waals surface area (Å²) in [6.07, 6.45) is -0.580. The predicted octanol–water partition coefficient (Wildman–Crippen LogP) is 3.93. The summed E-state index contributed by atoms with van der Waals surface area (Å²) in [4.78, 5) is 0. The van der Waals surface area contributed by atoms with Crippen LogP contribution in [0.4, 0.5) is 5.69 Å². The molecule has 0 aliphatic heterocycles. The van der Waals surface area contributed by atoms with Gasteiger partial charge in [0.2, 0.25) is 0 Å². The molecule has 2 N–H and O–H groups in total. The molecule has 0 aromatic heterocycles. The average molecular weight is 418 g/mol. The summed E-state index contributed by atoms with van der Waals surface area (Å²) in [6.45, 7) is 1.18. The van der Waals surface area contributed by atoms with Gasteiger partial charge in [-0.05, 0) is 46.4 Å². The van der Waals surface area contributed by atoms with E-state index >= 15 is 0 Å². The fraction of sp³-hybridized carbons (Fsp3) is 0.250. The largest absolute Gasteiger partial charge is 0.389 e. The van der Waals surface area contributed by atoms with Crippen LogP contribution in [0.5, 0.6) is 0 Å². The number of nitrogens with one attached hydrogen (secondary N) is 1. The van der Waals surface area contributed by atoms with Crippen LogP contribution in [0.15, 0.2) is 48.5 Å². The molecule has 112 valence electrons. The zero-order chi connectivity index (χ0) is 15.1. The van der Waals surface area contributed by atoms with Crippen LogP contribution in [0.25, 0.3) is 0 Å². The van der Waals surface area contributed by atoms with Crippen molar-refractivity contribution in [2.24, 2.45) is 0 Å². The third-order valence-corrected chi connectivity index (χ3v) is 3.86. The van der Waals surface area contributed by atoms with Crippen molar-refractivity contribution in [1.29, 1.82) is 0 Å². The number of anilines is 1. The summed E-state index contributed by atoms with van der Waals surface area (Å²) in [5.74, 6) is 0. The molecule has 2 rings (SSSR count). The van der Waals surface area contributed by atoms with Crippen molar-refractivity contribution in [1.82, 2.24) is 0 Å². The van der Waals surface area contributed by atoms with Gasteiger partial charge in [-0.3, -0.25) is 0 Å². The summed E-state index contributed by atoms with van der Waals surface area (Å²) in [7, 11) is 0. The molecule has 0 bridgehead atoms. The Morgan fingerprint density at radius 2 is 1.95 bits per heavy atom. The number of hydrogen-bond donors (Lipinski definition) is 2. The minimum absolute atomic E-state index is 0.282. The predicted molar refractivity (Wildman–Crippen MR) is 94.8 cm³/mol. The molecule has 2 aromatic carbocycles. The van der Waals surface area contributed by atoms with Gasteiger partial charge in [0.1, 0.15) is 0 Å². The maximum absolute atomic E-state index is 9.90. The van der Waals surface area contributed by atoms with E-state index in [2.05, 4.69) is 27.9 Å². The van der Waals surface area contributed by atoms with Crippen molar-refractivity contribution in [3.05, 3.63) is 62.7 Å². The molecule has 0 spiro atoms. The summed E-state index contributed by atoms with van der Waals surface area (Å²) in [6, 6.07) is 15.6. The van der Waals surface area contributed by atoms with Gasteiger partial charge in [-0.15, -0.1) is 0 Å². The average Bonchev–Trinajstić information content (AvgIpc) is 2.47. The monoisotopic (exact) mass is 417 g/mol. The zero-order valence-corrected chi connectivity index (χ0v) is 14.3. The maximum atomic E-state index is 9.90. The highest BCUT2D eigenvalue weighted by Gasteiger charge is 2.06. The van der Waals surface area contributed by atoms with Crippen LogP contribution in [0.3, 0.4) is 0 Å². The molecule has 0 heterocycles. The molecular weight excluding hydrogens is 401 g/mol. The van der Waals surface area contributed by atoms with Crippen LogP contribution >= 0.6 is 34.2 Å². The van der Waals surface area contributed by atoms with Crippen LogP contribution in [-0.4, -0.2) is 24.4 Å². The topological polar surface area (TPSA) is 41.5 Å². The van der Waals surface area contributed by atoms with Gasteiger partial charge in [0.15, 0.2) is 0 Å². The van der Waals surface area contributed by atoms with E-state index < -0.39 is 6.10 Å². The molecule has 0 amide bonds. The van der Waals surface area contributed by atoms with Crippen molar-refractivity contribution in [2.45, 2.75) is 12.7 Å². The fourth-order valence-corrected chi connectivity index (χ4v) is 2.73. The van der Waals surface area contributed by atoms with Gasteiger partial charge in [0, 0.05) is 10.1 Å². The van der Waals surface area contributed by atoms with E-state index in [0.717, 1.165) is 14.8 Å². The van der Waals surface area contributed by atoms with Crippen molar-refractivity contribution in [2.75, 3.05) is 18.5 Å². The normalized spacial score (nSPS) is 12.1. The van der Waals surface area contributed by atoms with Crippen LogP contribution in [0.2, 0.25) is 5.02 Å². The smallest absolute Gasteiger partial charge is 0.0945 e. The molecule has 0 aliphatic rings. The Bertz CT molecular complexity index is 565. The Morgan fingerprint density at radius 1 is 1.19 bits per heavy atom. The molecule has 0 saturated carbocycles. The Kier molecular flexibility index (Phi) is 6.76. The van der Waals surface area contributed by atoms with Crippen molar-refractivity contribution < 1.29 is 9.84 Å². The van der Waals surface area contributed by atoms with E-state index in [-0.39, 0.29) is 6.61 Å². The number of benzene rings is 2. The highest BCUT2D eigenvalue weighted by molar-refractivity contribution is 14.1. The van der Waals surface area contributed by atoms with Gasteiger partial charge in [0.25, 0.3) is 0 Å². The molecule has 2 aromatic rings. The van der Waals surface area contributed by atoms with E-state index in [1.165, 1.54) is 0 Å². The van der Waals surface area contributed by atoms with Gasteiger partial charge in [-0.2, -0.15) is 0 Å². The summed E-state index contributed by atoms with van der Waals surface area (Å²) in [5.41, 5.74) is 1.91. The van der Waals surface area contributed by atoms with Gasteiger partial charge < -0.3 is 15.2 Å². The van der Waals surface area contributed by atoms with Crippen molar-refractivity contribution >= 4 is 39.9 Å². The molecule has 0 aliphatic carbocycles. The van der Waals surface area contributed by atoms with E-state index in [1.54, 1.807) is 0 Å². The van der Waals surface area contributed by atoms with Crippen molar-refractivity contribution in [3.63, 3.8) is 0 Å². The number of hydrogen-bond acceptors (Lipinski definition) is 3. The van der Waals surface area contributed by atoms with Gasteiger partial charge >= 0.3 is 0 Å². The lowest BCUT2D eigenvalue weighted by Crippen LogP contribution is -2.24. The molecule has 21 heavy (non-hydrogen) atoms. The first-order chi connectivity index (χ1) is 10.1. The Morgan fingerprint density at radius 3 is 2.67 bits per heavy atom. The summed E-state index contributed by atoms with van der Waals surface area (Å²) >= 11 is 8.32. The SMILES string of the molecule is OC(CNc1ccc(I)cc1Cl)COCc1ccccc1. The van der Waals surface area contributed by atoms with E-state index in [1.807, 2.05) is 48.5 Å². The van der Waals surface area contributed by atoms with Gasteiger partial charge in [-0.1, -0.05) is 41.9 Å². The second kappa shape index (κ2) is 8.58.